The van der Waals surface area contributed by atoms with Crippen LogP contribution in [0, 0.1) is 0 Å². The maximum Gasteiger partial charge on any atom is 0.0702 e. The molecule has 0 atom stereocenters. The van der Waals surface area contributed by atoms with Crippen LogP contribution in [0.1, 0.15) is 34.1 Å². The van der Waals surface area contributed by atoms with Crippen LogP contribution in [0.2, 0.25) is 0 Å². The van der Waals surface area contributed by atoms with Crippen LogP contribution < -0.4 is 0 Å². The topological polar surface area (TPSA) is 21.6 Å². The summed E-state index contributed by atoms with van der Waals surface area (Å²) in [6.07, 6.45) is 2.97. The first-order chi connectivity index (χ1) is 6.44. The summed E-state index contributed by atoms with van der Waals surface area (Å²) >= 11 is 1.70. The monoisotopic (exact) mass is 213 g/mol. The van der Waals surface area contributed by atoms with Gasteiger partial charge in [-0.3, -0.25) is 4.99 Å². The molecule has 0 aromatic heterocycles. The van der Waals surface area contributed by atoms with Crippen LogP contribution in [-0.4, -0.2) is 23.5 Å². The summed E-state index contributed by atoms with van der Waals surface area (Å²) in [4.78, 5) is 4.61. The van der Waals surface area contributed by atoms with Gasteiger partial charge in [0.2, 0.25) is 0 Å². The molecule has 3 heteroatoms. The van der Waals surface area contributed by atoms with Crippen molar-refractivity contribution >= 4 is 16.8 Å². The summed E-state index contributed by atoms with van der Waals surface area (Å²) in [5, 5.41) is 1.12. The first-order valence-corrected chi connectivity index (χ1v) is 6.09. The van der Waals surface area contributed by atoms with Crippen LogP contribution in [0.5, 0.6) is 0 Å². The van der Waals surface area contributed by atoms with Crippen molar-refractivity contribution in [3.63, 3.8) is 0 Å². The van der Waals surface area contributed by atoms with Gasteiger partial charge in [0, 0.05) is 12.1 Å². The van der Waals surface area contributed by atoms with Gasteiger partial charge in [0.15, 0.2) is 0 Å². The normalized spacial score (nSPS) is 22.8. The molecule has 0 saturated carbocycles. The third-order valence-corrected chi connectivity index (χ3v) is 3.04. The van der Waals surface area contributed by atoms with E-state index in [0.717, 1.165) is 11.5 Å². The minimum atomic E-state index is -0.0585. The molecule has 2 nitrogen and oxygen atoms in total. The Kier molecular flexibility index (Phi) is 3.78. The number of thioether (sulfide) groups is 1. The number of nitrogens with zero attached hydrogens (tertiary/aromatic N) is 1. The van der Waals surface area contributed by atoms with Crippen molar-refractivity contribution in [2.24, 2.45) is 4.99 Å². The number of aliphatic imine (C=N–C) groups is 1. The zero-order valence-electron chi connectivity index (χ0n) is 9.68. The molecule has 14 heavy (non-hydrogen) atoms. The second kappa shape index (κ2) is 4.49. The average molecular weight is 213 g/mol. The number of ether oxygens (including phenoxy) is 1. The molecule has 0 amide bonds. The fourth-order valence-corrected chi connectivity index (χ4v) is 1.56. The van der Waals surface area contributed by atoms with Gasteiger partial charge >= 0.3 is 0 Å². The van der Waals surface area contributed by atoms with Crippen molar-refractivity contribution in [1.82, 2.24) is 0 Å². The lowest BCUT2D eigenvalue weighted by atomic mass is 9.97. The van der Waals surface area contributed by atoms with Gasteiger partial charge in [0.25, 0.3) is 0 Å². The summed E-state index contributed by atoms with van der Waals surface area (Å²) in [7, 11) is 0. The van der Waals surface area contributed by atoms with E-state index in [1.807, 2.05) is 6.92 Å². The third kappa shape index (κ3) is 3.14. The average Bonchev–Trinajstić information content (AvgIpc) is 2.11. The van der Waals surface area contributed by atoms with Crippen LogP contribution in [0.3, 0.4) is 0 Å². The Balaban J connectivity index is 2.85. The van der Waals surface area contributed by atoms with E-state index in [-0.39, 0.29) is 5.60 Å². The van der Waals surface area contributed by atoms with E-state index in [4.69, 9.17) is 4.74 Å². The minimum Gasteiger partial charge on any atom is -0.371 e. The minimum absolute atomic E-state index is 0.0585. The molecule has 1 heterocycles. The second-order valence-corrected chi connectivity index (χ2v) is 5.29. The Bertz CT molecular complexity index is 279. The zero-order chi connectivity index (χ0) is 10.8. The van der Waals surface area contributed by atoms with Gasteiger partial charge in [0.05, 0.1) is 17.3 Å². The van der Waals surface area contributed by atoms with Gasteiger partial charge in [-0.1, -0.05) is 0 Å². The maximum absolute atomic E-state index is 5.69. The van der Waals surface area contributed by atoms with E-state index in [0.29, 0.717) is 6.61 Å². The van der Waals surface area contributed by atoms with Gasteiger partial charge in [-0.2, -0.15) is 0 Å². The van der Waals surface area contributed by atoms with Crippen molar-refractivity contribution in [2.75, 3.05) is 12.9 Å². The summed E-state index contributed by atoms with van der Waals surface area (Å²) in [5.74, 6) is 0. The molecule has 0 radical (unpaired) electrons. The first kappa shape index (κ1) is 11.8. The van der Waals surface area contributed by atoms with Crippen LogP contribution >= 0.6 is 11.8 Å². The lowest BCUT2D eigenvalue weighted by molar-refractivity contribution is -0.0146. The Morgan fingerprint density at radius 3 is 2.71 bits per heavy atom. The number of hydrogen-bond acceptors (Lipinski definition) is 3. The van der Waals surface area contributed by atoms with Crippen molar-refractivity contribution < 1.29 is 4.74 Å². The summed E-state index contributed by atoms with van der Waals surface area (Å²) in [6, 6.07) is 0. The second-order valence-electron chi connectivity index (χ2n) is 4.29. The van der Waals surface area contributed by atoms with Crippen LogP contribution in [-0.2, 0) is 4.74 Å². The van der Waals surface area contributed by atoms with E-state index in [1.165, 1.54) is 11.3 Å². The van der Waals surface area contributed by atoms with E-state index in [9.17, 15) is 0 Å². The molecule has 0 unspecified atom stereocenters. The predicted molar refractivity (Wildman–Crippen MR) is 64.0 cm³/mol. The molecule has 0 aliphatic carbocycles. The molecule has 0 fully saturated rings. The first-order valence-electron chi connectivity index (χ1n) is 4.86. The molecule has 0 aromatic rings. The highest BCUT2D eigenvalue weighted by atomic mass is 32.2. The third-order valence-electron chi connectivity index (χ3n) is 2.35. The highest BCUT2D eigenvalue weighted by Crippen LogP contribution is 2.29. The van der Waals surface area contributed by atoms with Crippen LogP contribution in [0.15, 0.2) is 16.3 Å². The molecule has 0 aromatic carbocycles. The van der Waals surface area contributed by atoms with Crippen LogP contribution in [0.25, 0.3) is 0 Å². The van der Waals surface area contributed by atoms with E-state index in [2.05, 4.69) is 32.0 Å². The summed E-state index contributed by atoms with van der Waals surface area (Å²) in [6.45, 7) is 9.09. The fourth-order valence-electron chi connectivity index (χ4n) is 1.36. The molecule has 1 aliphatic heterocycles. The fraction of sp³-hybridized carbons (Fsp3) is 0.727. The van der Waals surface area contributed by atoms with E-state index >= 15 is 0 Å². The SMILES string of the molecule is CSC(C)=NC1=C(C)COC(C)(C)C1. The van der Waals surface area contributed by atoms with Crippen molar-refractivity contribution in [3.05, 3.63) is 11.3 Å². The molecule has 0 spiro atoms. The highest BCUT2D eigenvalue weighted by Gasteiger charge is 2.26. The van der Waals surface area contributed by atoms with Crippen molar-refractivity contribution in [2.45, 2.75) is 39.7 Å². The summed E-state index contributed by atoms with van der Waals surface area (Å²) < 4.78 is 5.69. The van der Waals surface area contributed by atoms with Crippen molar-refractivity contribution in [1.29, 1.82) is 0 Å². The van der Waals surface area contributed by atoms with Crippen LogP contribution in [0.4, 0.5) is 0 Å². The molecule has 1 aliphatic rings. The molecule has 0 bridgehead atoms. The standard InChI is InChI=1S/C11H19NOS/c1-8-7-13-11(3,4)6-10(8)12-9(2)14-5/h6-7H2,1-5H3. The zero-order valence-corrected chi connectivity index (χ0v) is 10.5. The van der Waals surface area contributed by atoms with Gasteiger partial charge < -0.3 is 4.74 Å². The van der Waals surface area contributed by atoms with Gasteiger partial charge in [0.1, 0.15) is 0 Å². The predicted octanol–water partition coefficient (Wildman–Crippen LogP) is 3.24. The quantitative estimate of drug-likeness (QED) is 0.492. The van der Waals surface area contributed by atoms with Gasteiger partial charge in [-0.15, -0.1) is 11.8 Å². The lowest BCUT2D eigenvalue weighted by Crippen LogP contribution is -2.30. The molecule has 80 valence electrons. The van der Waals surface area contributed by atoms with Crippen molar-refractivity contribution in [3.8, 4) is 0 Å². The highest BCUT2D eigenvalue weighted by molar-refractivity contribution is 8.13. The van der Waals surface area contributed by atoms with Gasteiger partial charge in [-0.25, -0.2) is 0 Å². The Labute approximate surface area is 90.8 Å². The van der Waals surface area contributed by atoms with Gasteiger partial charge in [-0.05, 0) is 39.5 Å². The smallest absolute Gasteiger partial charge is 0.0702 e. The Morgan fingerprint density at radius 2 is 2.14 bits per heavy atom. The largest absolute Gasteiger partial charge is 0.371 e. The number of rotatable bonds is 1. The molecular formula is C11H19NOS. The molecule has 1 rings (SSSR count). The Hall–Kier alpha value is -0.280. The Morgan fingerprint density at radius 1 is 1.50 bits per heavy atom. The van der Waals surface area contributed by atoms with E-state index < -0.39 is 0 Å². The number of hydrogen-bond donors (Lipinski definition) is 0. The molecular weight excluding hydrogens is 194 g/mol. The molecule has 0 saturated heterocycles. The maximum atomic E-state index is 5.69. The lowest BCUT2D eigenvalue weighted by Gasteiger charge is -2.31. The van der Waals surface area contributed by atoms with E-state index in [1.54, 1.807) is 11.8 Å². The molecule has 0 N–H and O–H groups in total. The summed E-state index contributed by atoms with van der Waals surface area (Å²) in [5.41, 5.74) is 2.41.